The largest absolute Gasteiger partial charge is 0.481 e. The summed E-state index contributed by atoms with van der Waals surface area (Å²) in [6.45, 7) is 1.66. The number of rotatable bonds is 2. The molecular weight excluding hydrogens is 183 g/mol. The molecule has 2 nitrogen and oxygen atoms in total. The summed E-state index contributed by atoms with van der Waals surface area (Å²) >= 11 is 0. The van der Waals surface area contributed by atoms with Crippen LogP contribution in [0.5, 0.6) is 0 Å². The molecule has 1 aromatic carbocycles. The summed E-state index contributed by atoms with van der Waals surface area (Å²) in [6, 6.07) is 6.38. The van der Waals surface area contributed by atoms with E-state index in [1.807, 2.05) is 0 Å². The Morgan fingerprint density at radius 2 is 2.21 bits per heavy atom. The first-order valence-corrected chi connectivity index (χ1v) is 4.53. The minimum absolute atomic E-state index is 0.166. The van der Waals surface area contributed by atoms with Crippen LogP contribution in [0.4, 0.5) is 4.39 Å². The highest BCUT2D eigenvalue weighted by molar-refractivity contribution is 5.80. The fraction of sp³-hybridized carbons (Fsp3) is 0.364. The SMILES string of the molecule is CC1(C(=O)O)CC1c1ccccc1F. The Bertz CT molecular complexity index is 389. The Morgan fingerprint density at radius 3 is 2.71 bits per heavy atom. The molecule has 74 valence electrons. The first-order chi connectivity index (χ1) is 6.55. The van der Waals surface area contributed by atoms with Gasteiger partial charge in [-0.25, -0.2) is 4.39 Å². The Labute approximate surface area is 81.4 Å². The maximum absolute atomic E-state index is 13.3. The Hall–Kier alpha value is -1.38. The number of benzene rings is 1. The topological polar surface area (TPSA) is 37.3 Å². The molecule has 1 fully saturated rings. The number of hydrogen-bond acceptors (Lipinski definition) is 1. The van der Waals surface area contributed by atoms with E-state index in [-0.39, 0.29) is 11.7 Å². The molecule has 0 heterocycles. The molecule has 0 amide bonds. The van der Waals surface area contributed by atoms with Gasteiger partial charge in [0, 0.05) is 5.92 Å². The van der Waals surface area contributed by atoms with Gasteiger partial charge in [0.15, 0.2) is 0 Å². The van der Waals surface area contributed by atoms with Gasteiger partial charge in [0.05, 0.1) is 5.41 Å². The number of hydrogen-bond donors (Lipinski definition) is 1. The van der Waals surface area contributed by atoms with Crippen LogP contribution < -0.4 is 0 Å². The van der Waals surface area contributed by atoms with Crippen molar-refractivity contribution >= 4 is 5.97 Å². The van der Waals surface area contributed by atoms with Gasteiger partial charge in [-0.2, -0.15) is 0 Å². The van der Waals surface area contributed by atoms with Crippen LogP contribution >= 0.6 is 0 Å². The Balaban J connectivity index is 2.29. The Kier molecular flexibility index (Phi) is 1.84. The monoisotopic (exact) mass is 194 g/mol. The third-order valence-corrected chi connectivity index (χ3v) is 3.01. The van der Waals surface area contributed by atoms with E-state index in [1.165, 1.54) is 6.07 Å². The summed E-state index contributed by atoms with van der Waals surface area (Å²) in [5.74, 6) is -1.31. The van der Waals surface area contributed by atoms with Crippen molar-refractivity contribution in [2.24, 2.45) is 5.41 Å². The fourth-order valence-corrected chi connectivity index (χ4v) is 1.81. The quantitative estimate of drug-likeness (QED) is 0.784. The first-order valence-electron chi connectivity index (χ1n) is 4.53. The van der Waals surface area contributed by atoms with Crippen molar-refractivity contribution < 1.29 is 14.3 Å². The van der Waals surface area contributed by atoms with E-state index in [2.05, 4.69) is 0 Å². The molecule has 0 spiro atoms. The van der Waals surface area contributed by atoms with Crippen LogP contribution in [0.15, 0.2) is 24.3 Å². The van der Waals surface area contributed by atoms with Crippen molar-refractivity contribution in [3.05, 3.63) is 35.6 Å². The molecule has 2 rings (SSSR count). The predicted molar refractivity (Wildman–Crippen MR) is 49.5 cm³/mol. The van der Waals surface area contributed by atoms with Crippen LogP contribution in [-0.2, 0) is 4.79 Å². The number of aliphatic carboxylic acids is 1. The smallest absolute Gasteiger partial charge is 0.309 e. The van der Waals surface area contributed by atoms with Crippen LogP contribution in [0, 0.1) is 11.2 Å². The van der Waals surface area contributed by atoms with Gasteiger partial charge < -0.3 is 5.11 Å². The highest BCUT2D eigenvalue weighted by Gasteiger charge is 2.57. The van der Waals surface area contributed by atoms with Crippen molar-refractivity contribution in [2.45, 2.75) is 19.3 Å². The maximum atomic E-state index is 13.3. The van der Waals surface area contributed by atoms with Gasteiger partial charge in [-0.15, -0.1) is 0 Å². The molecular formula is C11H11FO2. The van der Waals surface area contributed by atoms with E-state index >= 15 is 0 Å². The van der Waals surface area contributed by atoms with Crippen molar-refractivity contribution in [3.8, 4) is 0 Å². The zero-order chi connectivity index (χ0) is 10.3. The summed E-state index contributed by atoms with van der Waals surface area (Å²) in [4.78, 5) is 10.9. The third-order valence-electron chi connectivity index (χ3n) is 3.01. The maximum Gasteiger partial charge on any atom is 0.309 e. The molecule has 1 aliphatic carbocycles. The fourth-order valence-electron chi connectivity index (χ4n) is 1.81. The molecule has 3 heteroatoms. The minimum atomic E-state index is -0.842. The lowest BCUT2D eigenvalue weighted by Gasteiger charge is -2.05. The standard InChI is InChI=1S/C11H11FO2/c1-11(10(13)14)6-8(11)7-4-2-3-5-9(7)12/h2-5,8H,6H2,1H3,(H,13,14). The molecule has 1 saturated carbocycles. The summed E-state index contributed by atoms with van der Waals surface area (Å²) in [6.07, 6.45) is 0.531. The van der Waals surface area contributed by atoms with Gasteiger partial charge in [-0.1, -0.05) is 18.2 Å². The predicted octanol–water partition coefficient (Wildman–Crippen LogP) is 2.40. The molecule has 14 heavy (non-hydrogen) atoms. The number of halogens is 1. The van der Waals surface area contributed by atoms with Crippen LogP contribution in [-0.4, -0.2) is 11.1 Å². The van der Waals surface area contributed by atoms with E-state index in [0.717, 1.165) is 0 Å². The van der Waals surface area contributed by atoms with E-state index in [1.54, 1.807) is 25.1 Å². The van der Waals surface area contributed by atoms with Gasteiger partial charge >= 0.3 is 5.97 Å². The second-order valence-corrected chi connectivity index (χ2v) is 4.00. The lowest BCUT2D eigenvalue weighted by molar-refractivity contribution is -0.142. The lowest BCUT2D eigenvalue weighted by atomic mass is 10.0. The normalized spacial score (nSPS) is 30.0. The van der Waals surface area contributed by atoms with Crippen LogP contribution in [0.25, 0.3) is 0 Å². The van der Waals surface area contributed by atoms with Crippen molar-refractivity contribution in [3.63, 3.8) is 0 Å². The van der Waals surface area contributed by atoms with Crippen LogP contribution in [0.1, 0.15) is 24.8 Å². The Morgan fingerprint density at radius 1 is 1.57 bits per heavy atom. The average molecular weight is 194 g/mol. The van der Waals surface area contributed by atoms with Gasteiger partial charge in [-0.05, 0) is 25.0 Å². The molecule has 2 atom stereocenters. The third kappa shape index (κ3) is 1.20. The molecule has 0 aliphatic heterocycles. The minimum Gasteiger partial charge on any atom is -0.481 e. The van der Waals surface area contributed by atoms with E-state index in [4.69, 9.17) is 5.11 Å². The first kappa shape index (κ1) is 9.19. The summed E-state index contributed by atoms with van der Waals surface area (Å²) in [5, 5.41) is 8.91. The zero-order valence-corrected chi connectivity index (χ0v) is 7.83. The van der Waals surface area contributed by atoms with Crippen molar-refractivity contribution in [2.75, 3.05) is 0 Å². The molecule has 0 bridgehead atoms. The number of carbonyl (C=O) groups is 1. The number of carboxylic acids is 1. The zero-order valence-electron chi connectivity index (χ0n) is 7.83. The van der Waals surface area contributed by atoms with Crippen LogP contribution in [0.3, 0.4) is 0 Å². The van der Waals surface area contributed by atoms with E-state index in [9.17, 15) is 9.18 Å². The van der Waals surface area contributed by atoms with Gasteiger partial charge in [-0.3, -0.25) is 4.79 Å². The molecule has 1 N–H and O–H groups in total. The summed E-state index contributed by atoms with van der Waals surface area (Å²) < 4.78 is 13.3. The molecule has 1 aliphatic rings. The second-order valence-electron chi connectivity index (χ2n) is 4.00. The van der Waals surface area contributed by atoms with Gasteiger partial charge in [0.1, 0.15) is 5.82 Å². The second kappa shape index (κ2) is 2.80. The van der Waals surface area contributed by atoms with E-state index in [0.29, 0.717) is 12.0 Å². The molecule has 0 aromatic heterocycles. The molecule has 2 unspecified atom stereocenters. The summed E-state index contributed by atoms with van der Waals surface area (Å²) in [5.41, 5.74) is -0.236. The van der Waals surface area contributed by atoms with E-state index < -0.39 is 11.4 Å². The van der Waals surface area contributed by atoms with Gasteiger partial charge in [0.25, 0.3) is 0 Å². The summed E-state index contributed by atoms with van der Waals surface area (Å²) in [7, 11) is 0. The molecule has 1 aromatic rings. The molecule has 0 radical (unpaired) electrons. The number of carboxylic acid groups (broad SMARTS) is 1. The van der Waals surface area contributed by atoms with Crippen molar-refractivity contribution in [1.29, 1.82) is 0 Å². The average Bonchev–Trinajstić information content (AvgIpc) is 2.80. The lowest BCUT2D eigenvalue weighted by Crippen LogP contribution is -2.12. The molecule has 0 saturated heterocycles. The van der Waals surface area contributed by atoms with Gasteiger partial charge in [0.2, 0.25) is 0 Å². The van der Waals surface area contributed by atoms with Crippen molar-refractivity contribution in [1.82, 2.24) is 0 Å². The van der Waals surface area contributed by atoms with Crippen LogP contribution in [0.2, 0.25) is 0 Å². The highest BCUT2D eigenvalue weighted by Crippen LogP contribution is 2.59. The highest BCUT2D eigenvalue weighted by atomic mass is 19.1.